The Hall–Kier alpha value is -1.42. The second-order valence-electron chi connectivity index (χ2n) is 4.06. The third-order valence-corrected chi connectivity index (χ3v) is 2.45. The quantitative estimate of drug-likeness (QED) is 0.706. The fourth-order valence-electron chi connectivity index (χ4n) is 1.69. The lowest BCUT2D eigenvalue weighted by molar-refractivity contribution is -0.142. The zero-order valence-corrected chi connectivity index (χ0v) is 10.8. The molecular weight excluding hydrogens is 216 g/mol. The average Bonchev–Trinajstić information content (AvgIpc) is 2.29. The highest BCUT2D eigenvalue weighted by Gasteiger charge is 2.11. The zero-order chi connectivity index (χ0) is 12.7. The molecule has 0 atom stereocenters. The minimum absolute atomic E-state index is 0.203. The number of pyridine rings is 1. The standard InChI is InChI=1S/C13H20N2O2/c1-4-8-15(10-13(16)17-3)9-12-7-5-6-11(2)14-12/h5-7H,4,8-10H2,1-3H3. The molecule has 0 aliphatic heterocycles. The molecule has 94 valence electrons. The Kier molecular flexibility index (Phi) is 5.63. The van der Waals surface area contributed by atoms with Gasteiger partial charge in [0.1, 0.15) is 0 Å². The zero-order valence-electron chi connectivity index (χ0n) is 10.8. The number of carbonyl (C=O) groups is 1. The summed E-state index contributed by atoms with van der Waals surface area (Å²) in [5.74, 6) is -0.203. The highest BCUT2D eigenvalue weighted by molar-refractivity contribution is 5.71. The summed E-state index contributed by atoms with van der Waals surface area (Å²) in [6.45, 7) is 5.93. The fourth-order valence-corrected chi connectivity index (χ4v) is 1.69. The molecule has 4 heteroatoms. The van der Waals surface area contributed by atoms with Crippen LogP contribution in [0.25, 0.3) is 0 Å². The van der Waals surface area contributed by atoms with Gasteiger partial charge >= 0.3 is 5.97 Å². The first-order valence-corrected chi connectivity index (χ1v) is 5.87. The van der Waals surface area contributed by atoms with E-state index >= 15 is 0 Å². The molecule has 0 spiro atoms. The van der Waals surface area contributed by atoms with E-state index in [-0.39, 0.29) is 5.97 Å². The van der Waals surface area contributed by atoms with E-state index in [4.69, 9.17) is 0 Å². The lowest BCUT2D eigenvalue weighted by Crippen LogP contribution is -2.31. The molecule has 0 amide bonds. The summed E-state index contributed by atoms with van der Waals surface area (Å²) in [4.78, 5) is 17.8. The van der Waals surface area contributed by atoms with Gasteiger partial charge in [-0.05, 0) is 32.0 Å². The van der Waals surface area contributed by atoms with E-state index in [1.54, 1.807) is 0 Å². The maximum absolute atomic E-state index is 11.3. The Morgan fingerprint density at radius 2 is 2.24 bits per heavy atom. The minimum Gasteiger partial charge on any atom is -0.468 e. The molecule has 0 aliphatic carbocycles. The second-order valence-corrected chi connectivity index (χ2v) is 4.06. The molecule has 0 saturated heterocycles. The molecule has 0 saturated carbocycles. The van der Waals surface area contributed by atoms with Gasteiger partial charge in [-0.15, -0.1) is 0 Å². The van der Waals surface area contributed by atoms with Gasteiger partial charge in [0.25, 0.3) is 0 Å². The molecule has 4 nitrogen and oxygen atoms in total. The van der Waals surface area contributed by atoms with Crippen molar-refractivity contribution in [3.05, 3.63) is 29.6 Å². The van der Waals surface area contributed by atoms with E-state index < -0.39 is 0 Å². The molecule has 1 rings (SSSR count). The fraction of sp³-hybridized carbons (Fsp3) is 0.538. The van der Waals surface area contributed by atoms with Crippen molar-refractivity contribution in [2.75, 3.05) is 20.2 Å². The molecule has 0 N–H and O–H groups in total. The number of ether oxygens (including phenoxy) is 1. The van der Waals surface area contributed by atoms with Crippen molar-refractivity contribution < 1.29 is 9.53 Å². The van der Waals surface area contributed by atoms with E-state index in [1.165, 1.54) is 7.11 Å². The van der Waals surface area contributed by atoms with Crippen molar-refractivity contribution in [1.29, 1.82) is 0 Å². The lowest BCUT2D eigenvalue weighted by atomic mass is 10.3. The van der Waals surface area contributed by atoms with Crippen molar-refractivity contribution >= 4 is 5.97 Å². The molecule has 1 heterocycles. The van der Waals surface area contributed by atoms with Gasteiger partial charge in [-0.1, -0.05) is 13.0 Å². The highest BCUT2D eigenvalue weighted by Crippen LogP contribution is 2.04. The monoisotopic (exact) mass is 236 g/mol. The maximum Gasteiger partial charge on any atom is 0.319 e. The van der Waals surface area contributed by atoms with Crippen molar-refractivity contribution in [1.82, 2.24) is 9.88 Å². The van der Waals surface area contributed by atoms with E-state index in [9.17, 15) is 4.79 Å². The van der Waals surface area contributed by atoms with Crippen LogP contribution in [0.2, 0.25) is 0 Å². The predicted molar refractivity (Wildman–Crippen MR) is 66.6 cm³/mol. The van der Waals surface area contributed by atoms with Crippen LogP contribution in [0.3, 0.4) is 0 Å². The summed E-state index contributed by atoms with van der Waals surface area (Å²) < 4.78 is 4.69. The van der Waals surface area contributed by atoms with Crippen LogP contribution >= 0.6 is 0 Å². The van der Waals surface area contributed by atoms with Gasteiger partial charge in [0.15, 0.2) is 0 Å². The molecule has 0 unspecified atom stereocenters. The Bertz CT molecular complexity index is 366. The predicted octanol–water partition coefficient (Wildman–Crippen LogP) is 1.78. The van der Waals surface area contributed by atoms with Crippen LogP contribution < -0.4 is 0 Å². The Morgan fingerprint density at radius 1 is 1.47 bits per heavy atom. The third-order valence-electron chi connectivity index (χ3n) is 2.45. The SMILES string of the molecule is CCCN(CC(=O)OC)Cc1cccc(C)n1. The van der Waals surface area contributed by atoms with Gasteiger partial charge in [-0.2, -0.15) is 0 Å². The number of nitrogens with zero attached hydrogens (tertiary/aromatic N) is 2. The molecule has 1 aromatic heterocycles. The van der Waals surface area contributed by atoms with E-state index in [0.29, 0.717) is 13.1 Å². The summed E-state index contributed by atoms with van der Waals surface area (Å²) in [5, 5.41) is 0. The van der Waals surface area contributed by atoms with E-state index in [1.807, 2.05) is 30.0 Å². The minimum atomic E-state index is -0.203. The van der Waals surface area contributed by atoms with Crippen molar-refractivity contribution in [2.24, 2.45) is 0 Å². The van der Waals surface area contributed by atoms with Crippen molar-refractivity contribution in [2.45, 2.75) is 26.8 Å². The first kappa shape index (κ1) is 13.6. The van der Waals surface area contributed by atoms with Crippen LogP contribution in [0.4, 0.5) is 0 Å². The highest BCUT2D eigenvalue weighted by atomic mass is 16.5. The number of carbonyl (C=O) groups excluding carboxylic acids is 1. The second kappa shape index (κ2) is 7.01. The van der Waals surface area contributed by atoms with Crippen LogP contribution in [0, 0.1) is 6.92 Å². The number of hydrogen-bond donors (Lipinski definition) is 0. The molecule has 0 aliphatic rings. The smallest absolute Gasteiger partial charge is 0.319 e. The topological polar surface area (TPSA) is 42.4 Å². The number of methoxy groups -OCH3 is 1. The van der Waals surface area contributed by atoms with Crippen molar-refractivity contribution in [3.8, 4) is 0 Å². The average molecular weight is 236 g/mol. The molecule has 1 aromatic rings. The summed E-state index contributed by atoms with van der Waals surface area (Å²) in [6.07, 6.45) is 1.00. The van der Waals surface area contributed by atoms with Crippen LogP contribution in [-0.4, -0.2) is 36.1 Å². The summed E-state index contributed by atoms with van der Waals surface area (Å²) in [6, 6.07) is 5.93. The number of rotatable bonds is 6. The van der Waals surface area contributed by atoms with Gasteiger partial charge < -0.3 is 4.74 Å². The van der Waals surface area contributed by atoms with Crippen LogP contribution in [0.5, 0.6) is 0 Å². The molecule has 0 aromatic carbocycles. The Balaban J connectivity index is 2.62. The summed E-state index contributed by atoms with van der Waals surface area (Å²) >= 11 is 0. The van der Waals surface area contributed by atoms with Crippen molar-refractivity contribution in [3.63, 3.8) is 0 Å². The summed E-state index contributed by atoms with van der Waals surface area (Å²) in [5.41, 5.74) is 1.99. The van der Waals surface area contributed by atoms with Gasteiger partial charge in [-0.3, -0.25) is 14.7 Å². The molecule has 0 radical (unpaired) electrons. The van der Waals surface area contributed by atoms with Crippen LogP contribution in [-0.2, 0) is 16.1 Å². The van der Waals surface area contributed by atoms with Gasteiger partial charge in [0, 0.05) is 12.2 Å². The molecule has 17 heavy (non-hydrogen) atoms. The Labute approximate surface area is 103 Å². The third kappa shape index (κ3) is 4.95. The number of aryl methyl sites for hydroxylation is 1. The van der Waals surface area contributed by atoms with Crippen LogP contribution in [0.1, 0.15) is 24.7 Å². The van der Waals surface area contributed by atoms with Gasteiger partial charge in [0.05, 0.1) is 19.3 Å². The Morgan fingerprint density at radius 3 is 2.82 bits per heavy atom. The largest absolute Gasteiger partial charge is 0.468 e. The maximum atomic E-state index is 11.3. The van der Waals surface area contributed by atoms with E-state index in [2.05, 4.69) is 16.6 Å². The lowest BCUT2D eigenvalue weighted by Gasteiger charge is -2.19. The molecular formula is C13H20N2O2. The van der Waals surface area contributed by atoms with Gasteiger partial charge in [-0.25, -0.2) is 0 Å². The van der Waals surface area contributed by atoms with Gasteiger partial charge in [0.2, 0.25) is 0 Å². The number of hydrogen-bond acceptors (Lipinski definition) is 4. The molecule has 0 bridgehead atoms. The van der Waals surface area contributed by atoms with E-state index in [0.717, 1.165) is 24.4 Å². The first-order chi connectivity index (χ1) is 8.15. The summed E-state index contributed by atoms with van der Waals surface area (Å²) in [7, 11) is 1.41. The molecule has 0 fully saturated rings. The van der Waals surface area contributed by atoms with Crippen LogP contribution in [0.15, 0.2) is 18.2 Å². The first-order valence-electron chi connectivity index (χ1n) is 5.87. The number of aromatic nitrogens is 1. The normalized spacial score (nSPS) is 10.6. The number of esters is 1.